The van der Waals surface area contributed by atoms with Gasteiger partial charge >= 0.3 is 0 Å². The first-order valence-electron chi connectivity index (χ1n) is 6.18. The first-order chi connectivity index (χ1) is 7.65. The summed E-state index contributed by atoms with van der Waals surface area (Å²) in [6, 6.07) is 10.8. The van der Waals surface area contributed by atoms with Crippen molar-refractivity contribution in [2.75, 3.05) is 0 Å². The molecule has 0 bridgehead atoms. The fraction of sp³-hybridized carbons (Fsp3) is 0.571. The number of nitrogens with one attached hydrogen (secondary N) is 1. The molecule has 3 unspecified atom stereocenters. The quantitative estimate of drug-likeness (QED) is 0.591. The molecular formula is C14H22N2. The van der Waals surface area contributed by atoms with E-state index in [1.54, 1.807) is 0 Å². The summed E-state index contributed by atoms with van der Waals surface area (Å²) < 4.78 is 0. The van der Waals surface area contributed by atoms with Crippen molar-refractivity contribution in [2.24, 2.45) is 11.8 Å². The van der Waals surface area contributed by atoms with Crippen LogP contribution in [0.4, 0.5) is 0 Å². The Hall–Kier alpha value is -0.860. The Kier molecular flexibility index (Phi) is 3.31. The van der Waals surface area contributed by atoms with Crippen LogP contribution >= 0.6 is 0 Å². The van der Waals surface area contributed by atoms with E-state index in [-0.39, 0.29) is 5.54 Å². The third kappa shape index (κ3) is 2.13. The van der Waals surface area contributed by atoms with Crippen LogP contribution in [0.3, 0.4) is 0 Å². The predicted molar refractivity (Wildman–Crippen MR) is 67.9 cm³/mol. The summed E-state index contributed by atoms with van der Waals surface area (Å²) in [5, 5.41) is 0. The molecule has 2 nitrogen and oxygen atoms in total. The fourth-order valence-corrected chi connectivity index (χ4v) is 2.77. The molecule has 16 heavy (non-hydrogen) atoms. The van der Waals surface area contributed by atoms with E-state index in [0.29, 0.717) is 11.8 Å². The molecule has 88 valence electrons. The largest absolute Gasteiger partial charge is 0.271 e. The molecule has 2 rings (SSSR count). The molecule has 2 heteroatoms. The highest BCUT2D eigenvalue weighted by molar-refractivity contribution is 5.21. The Balaban J connectivity index is 2.08. The van der Waals surface area contributed by atoms with Crippen LogP contribution in [0, 0.1) is 5.92 Å². The highest BCUT2D eigenvalue weighted by atomic mass is 15.3. The van der Waals surface area contributed by atoms with Crippen molar-refractivity contribution >= 4 is 0 Å². The van der Waals surface area contributed by atoms with E-state index in [0.717, 1.165) is 6.42 Å². The van der Waals surface area contributed by atoms with Gasteiger partial charge in [-0.15, -0.1) is 0 Å². The van der Waals surface area contributed by atoms with Crippen LogP contribution in [0.15, 0.2) is 30.3 Å². The van der Waals surface area contributed by atoms with E-state index >= 15 is 0 Å². The van der Waals surface area contributed by atoms with E-state index < -0.39 is 0 Å². The Morgan fingerprint density at radius 3 is 2.56 bits per heavy atom. The van der Waals surface area contributed by atoms with Crippen LogP contribution in [-0.4, -0.2) is 5.54 Å². The lowest BCUT2D eigenvalue weighted by molar-refractivity contribution is 0.160. The van der Waals surface area contributed by atoms with E-state index in [2.05, 4.69) is 49.6 Å². The van der Waals surface area contributed by atoms with E-state index in [9.17, 15) is 0 Å². The highest BCUT2D eigenvalue weighted by Crippen LogP contribution is 2.40. The first kappa shape index (κ1) is 11.6. The summed E-state index contributed by atoms with van der Waals surface area (Å²) in [5.74, 6) is 6.99. The Morgan fingerprint density at radius 1 is 1.31 bits per heavy atom. The minimum Gasteiger partial charge on any atom is -0.271 e. The SMILES string of the molecule is CC1CC(c2ccccc2)CCC1(C)NN. The zero-order valence-corrected chi connectivity index (χ0v) is 10.2. The van der Waals surface area contributed by atoms with Gasteiger partial charge in [-0.3, -0.25) is 11.3 Å². The number of hydrazine groups is 1. The van der Waals surface area contributed by atoms with Crippen molar-refractivity contribution in [1.82, 2.24) is 5.43 Å². The van der Waals surface area contributed by atoms with Crippen molar-refractivity contribution in [2.45, 2.75) is 44.6 Å². The number of benzene rings is 1. The minimum atomic E-state index is 0.116. The second-order valence-electron chi connectivity index (χ2n) is 5.34. The van der Waals surface area contributed by atoms with Crippen molar-refractivity contribution < 1.29 is 0 Å². The molecule has 0 spiro atoms. The molecule has 0 aliphatic heterocycles. The van der Waals surface area contributed by atoms with Gasteiger partial charge in [0.05, 0.1) is 0 Å². The highest BCUT2D eigenvalue weighted by Gasteiger charge is 2.36. The van der Waals surface area contributed by atoms with Crippen LogP contribution in [0.25, 0.3) is 0 Å². The fourth-order valence-electron chi connectivity index (χ4n) is 2.77. The van der Waals surface area contributed by atoms with E-state index in [1.165, 1.54) is 18.4 Å². The van der Waals surface area contributed by atoms with E-state index in [1.807, 2.05) is 0 Å². The molecule has 3 N–H and O–H groups in total. The van der Waals surface area contributed by atoms with Gasteiger partial charge in [-0.05, 0) is 43.6 Å². The van der Waals surface area contributed by atoms with Gasteiger partial charge in [-0.25, -0.2) is 0 Å². The van der Waals surface area contributed by atoms with Gasteiger partial charge in [0, 0.05) is 5.54 Å². The van der Waals surface area contributed by atoms with Gasteiger partial charge in [0.15, 0.2) is 0 Å². The van der Waals surface area contributed by atoms with Crippen molar-refractivity contribution in [1.29, 1.82) is 0 Å². The number of rotatable bonds is 2. The maximum absolute atomic E-state index is 5.66. The minimum absolute atomic E-state index is 0.116. The maximum atomic E-state index is 5.66. The average Bonchev–Trinajstić information content (AvgIpc) is 2.34. The lowest BCUT2D eigenvalue weighted by Gasteiger charge is -2.42. The predicted octanol–water partition coefficient (Wildman–Crippen LogP) is 2.81. The summed E-state index contributed by atoms with van der Waals surface area (Å²) in [5.41, 5.74) is 4.60. The van der Waals surface area contributed by atoms with Gasteiger partial charge in [0.1, 0.15) is 0 Å². The molecule has 1 saturated carbocycles. The monoisotopic (exact) mass is 218 g/mol. The van der Waals surface area contributed by atoms with Crippen molar-refractivity contribution in [3.05, 3.63) is 35.9 Å². The van der Waals surface area contributed by atoms with Gasteiger partial charge < -0.3 is 0 Å². The van der Waals surface area contributed by atoms with Gasteiger partial charge in [-0.2, -0.15) is 0 Å². The summed E-state index contributed by atoms with van der Waals surface area (Å²) >= 11 is 0. The molecule has 0 aromatic heterocycles. The third-order valence-corrected chi connectivity index (χ3v) is 4.34. The molecule has 3 atom stereocenters. The molecule has 0 heterocycles. The third-order valence-electron chi connectivity index (χ3n) is 4.34. The van der Waals surface area contributed by atoms with Crippen LogP contribution in [-0.2, 0) is 0 Å². The summed E-state index contributed by atoms with van der Waals surface area (Å²) in [4.78, 5) is 0. The topological polar surface area (TPSA) is 38.0 Å². The Morgan fingerprint density at radius 2 is 2.00 bits per heavy atom. The van der Waals surface area contributed by atoms with Crippen LogP contribution < -0.4 is 11.3 Å². The van der Waals surface area contributed by atoms with E-state index in [4.69, 9.17) is 5.84 Å². The molecule has 1 aliphatic rings. The Bertz CT molecular complexity index is 336. The zero-order valence-electron chi connectivity index (χ0n) is 10.2. The molecule has 1 fully saturated rings. The molecule has 0 saturated heterocycles. The molecule has 0 amide bonds. The van der Waals surface area contributed by atoms with Gasteiger partial charge in [0.25, 0.3) is 0 Å². The lowest BCUT2D eigenvalue weighted by atomic mass is 9.69. The molecular weight excluding hydrogens is 196 g/mol. The molecule has 0 radical (unpaired) electrons. The maximum Gasteiger partial charge on any atom is 0.0319 e. The second kappa shape index (κ2) is 4.56. The Labute approximate surface area is 98.2 Å². The van der Waals surface area contributed by atoms with Crippen molar-refractivity contribution in [3.8, 4) is 0 Å². The lowest BCUT2D eigenvalue weighted by Crippen LogP contribution is -2.53. The second-order valence-corrected chi connectivity index (χ2v) is 5.34. The normalized spacial score (nSPS) is 34.9. The van der Waals surface area contributed by atoms with Crippen LogP contribution in [0.5, 0.6) is 0 Å². The van der Waals surface area contributed by atoms with Gasteiger partial charge in [0.2, 0.25) is 0 Å². The van der Waals surface area contributed by atoms with Crippen LogP contribution in [0.1, 0.15) is 44.6 Å². The smallest absolute Gasteiger partial charge is 0.0319 e. The first-order valence-corrected chi connectivity index (χ1v) is 6.18. The molecule has 1 aliphatic carbocycles. The summed E-state index contributed by atoms with van der Waals surface area (Å²) in [7, 11) is 0. The van der Waals surface area contributed by atoms with Crippen molar-refractivity contribution in [3.63, 3.8) is 0 Å². The van der Waals surface area contributed by atoms with Gasteiger partial charge in [-0.1, -0.05) is 37.3 Å². The average molecular weight is 218 g/mol. The summed E-state index contributed by atoms with van der Waals surface area (Å²) in [6.45, 7) is 4.54. The number of nitrogens with two attached hydrogens (primary N) is 1. The summed E-state index contributed by atoms with van der Waals surface area (Å²) in [6.07, 6.45) is 3.62. The number of hydrogen-bond donors (Lipinski definition) is 2. The number of hydrogen-bond acceptors (Lipinski definition) is 2. The standard InChI is InChI=1S/C14H22N2/c1-11-10-13(8-9-14(11,2)16-15)12-6-4-3-5-7-12/h3-7,11,13,16H,8-10,15H2,1-2H3. The molecule has 1 aromatic carbocycles. The molecule has 1 aromatic rings. The van der Waals surface area contributed by atoms with Crippen LogP contribution in [0.2, 0.25) is 0 Å². The zero-order chi connectivity index (χ0) is 11.6.